The van der Waals surface area contributed by atoms with Gasteiger partial charge in [0.25, 0.3) is 5.56 Å². The summed E-state index contributed by atoms with van der Waals surface area (Å²) in [6.45, 7) is 8.03. The van der Waals surface area contributed by atoms with Crippen LogP contribution in [-0.4, -0.2) is 60.3 Å². The standard InChI is InChI=1S/C21H29N5O2S/c1-14-13-16(5-7-18(14)26-11-9-25(3)10-12-26)23-19(27)8-6-17-15(2)22-21(29-4)24-20(17)28/h5,7,13H,6,8-12H2,1-4H3,(H,23,27)(H,22,24,28). The Kier molecular flexibility index (Phi) is 6.97. The van der Waals surface area contributed by atoms with E-state index in [-0.39, 0.29) is 17.9 Å². The molecule has 29 heavy (non-hydrogen) atoms. The molecule has 0 saturated carbocycles. The summed E-state index contributed by atoms with van der Waals surface area (Å²) in [5.41, 5.74) is 4.24. The number of H-pyrrole nitrogens is 1. The molecule has 1 aliphatic rings. The third-order valence-electron chi connectivity index (χ3n) is 5.32. The fraction of sp³-hybridized carbons (Fsp3) is 0.476. The van der Waals surface area contributed by atoms with Gasteiger partial charge in [0.2, 0.25) is 5.91 Å². The Morgan fingerprint density at radius 1 is 1.24 bits per heavy atom. The highest BCUT2D eigenvalue weighted by molar-refractivity contribution is 7.98. The molecule has 1 aromatic heterocycles. The van der Waals surface area contributed by atoms with Gasteiger partial charge in [0.05, 0.1) is 0 Å². The van der Waals surface area contributed by atoms with Gasteiger partial charge in [-0.2, -0.15) is 0 Å². The molecular formula is C21H29N5O2S. The minimum Gasteiger partial charge on any atom is -0.369 e. The van der Waals surface area contributed by atoms with Crippen LogP contribution in [-0.2, 0) is 11.2 Å². The summed E-state index contributed by atoms with van der Waals surface area (Å²) in [5, 5.41) is 3.54. The predicted molar refractivity (Wildman–Crippen MR) is 119 cm³/mol. The number of aryl methyl sites for hydroxylation is 2. The van der Waals surface area contributed by atoms with E-state index in [0.717, 1.165) is 37.4 Å². The lowest BCUT2D eigenvalue weighted by Gasteiger charge is -2.35. The number of nitrogens with zero attached hydrogens (tertiary/aromatic N) is 3. The number of piperazine rings is 1. The fourth-order valence-corrected chi connectivity index (χ4v) is 4.00. The number of amides is 1. The normalized spacial score (nSPS) is 14.8. The first-order chi connectivity index (χ1) is 13.9. The number of benzene rings is 1. The molecule has 1 aliphatic heterocycles. The Hall–Kier alpha value is -2.32. The minimum absolute atomic E-state index is 0.107. The first kappa shape index (κ1) is 21.4. The monoisotopic (exact) mass is 415 g/mol. The smallest absolute Gasteiger partial charge is 0.254 e. The lowest BCUT2D eigenvalue weighted by molar-refractivity contribution is -0.116. The van der Waals surface area contributed by atoms with Gasteiger partial charge >= 0.3 is 0 Å². The van der Waals surface area contributed by atoms with Crippen LogP contribution >= 0.6 is 11.8 Å². The quantitative estimate of drug-likeness (QED) is 0.557. The van der Waals surface area contributed by atoms with Crippen LogP contribution in [0.1, 0.15) is 23.2 Å². The highest BCUT2D eigenvalue weighted by Crippen LogP contribution is 2.24. The number of carbonyl (C=O) groups excluding carboxylic acids is 1. The zero-order chi connectivity index (χ0) is 21.0. The summed E-state index contributed by atoms with van der Waals surface area (Å²) in [4.78, 5) is 36.4. The lowest BCUT2D eigenvalue weighted by atomic mass is 10.1. The summed E-state index contributed by atoms with van der Waals surface area (Å²) in [6, 6.07) is 6.04. The number of carbonyl (C=O) groups is 1. The third kappa shape index (κ3) is 5.39. The highest BCUT2D eigenvalue weighted by atomic mass is 32.2. The maximum atomic E-state index is 12.4. The first-order valence-electron chi connectivity index (χ1n) is 9.85. The van der Waals surface area contributed by atoms with Crippen molar-refractivity contribution in [3.05, 3.63) is 45.4 Å². The highest BCUT2D eigenvalue weighted by Gasteiger charge is 2.16. The molecule has 3 rings (SSSR count). The number of hydrogen-bond donors (Lipinski definition) is 2. The number of thioether (sulfide) groups is 1. The van der Waals surface area contributed by atoms with Crippen molar-refractivity contribution in [3.63, 3.8) is 0 Å². The number of aromatic nitrogens is 2. The molecule has 1 amide bonds. The van der Waals surface area contributed by atoms with E-state index in [9.17, 15) is 9.59 Å². The SMILES string of the molecule is CSc1nc(C)c(CCC(=O)Nc2ccc(N3CCN(C)CC3)c(C)c2)c(=O)[nH]1. The molecule has 0 bridgehead atoms. The second-order valence-corrected chi connectivity index (χ2v) is 8.27. The van der Waals surface area contributed by atoms with Gasteiger partial charge in [0, 0.05) is 55.2 Å². The van der Waals surface area contributed by atoms with Gasteiger partial charge in [0.1, 0.15) is 0 Å². The molecule has 0 radical (unpaired) electrons. The van der Waals surface area contributed by atoms with Crippen molar-refractivity contribution in [3.8, 4) is 0 Å². The number of hydrogen-bond acceptors (Lipinski definition) is 6. The van der Waals surface area contributed by atoms with Crippen LogP contribution < -0.4 is 15.8 Å². The second-order valence-electron chi connectivity index (χ2n) is 7.48. The maximum Gasteiger partial charge on any atom is 0.254 e. The zero-order valence-electron chi connectivity index (χ0n) is 17.5. The Balaban J connectivity index is 1.60. The Bertz CT molecular complexity index is 935. The van der Waals surface area contributed by atoms with E-state index < -0.39 is 0 Å². The minimum atomic E-state index is -0.165. The van der Waals surface area contributed by atoms with Crippen molar-refractivity contribution in [2.24, 2.45) is 0 Å². The summed E-state index contributed by atoms with van der Waals surface area (Å²) in [7, 11) is 2.14. The fourth-order valence-electron chi connectivity index (χ4n) is 3.57. The number of aromatic amines is 1. The number of nitrogens with one attached hydrogen (secondary N) is 2. The number of likely N-dealkylation sites (N-methyl/N-ethyl adjacent to an activating group) is 1. The van der Waals surface area contributed by atoms with Crippen LogP contribution in [0.15, 0.2) is 28.2 Å². The van der Waals surface area contributed by atoms with E-state index in [4.69, 9.17) is 0 Å². The molecule has 1 fully saturated rings. The van der Waals surface area contributed by atoms with Crippen LogP contribution in [0.5, 0.6) is 0 Å². The van der Waals surface area contributed by atoms with Gasteiger partial charge in [0.15, 0.2) is 5.16 Å². The van der Waals surface area contributed by atoms with Crippen molar-refractivity contribution in [2.75, 3.05) is 49.7 Å². The molecule has 8 heteroatoms. The predicted octanol–water partition coefficient (Wildman–Crippen LogP) is 2.43. The van der Waals surface area contributed by atoms with Gasteiger partial charge < -0.3 is 20.1 Å². The number of rotatable bonds is 6. The van der Waals surface area contributed by atoms with Gasteiger partial charge in [-0.15, -0.1) is 0 Å². The van der Waals surface area contributed by atoms with Crippen LogP contribution in [0.2, 0.25) is 0 Å². The second kappa shape index (κ2) is 9.45. The molecule has 0 spiro atoms. The average molecular weight is 416 g/mol. The van der Waals surface area contributed by atoms with E-state index in [1.807, 2.05) is 25.3 Å². The van der Waals surface area contributed by atoms with Gasteiger partial charge in [-0.05, 0) is 57.3 Å². The topological polar surface area (TPSA) is 81.3 Å². The van der Waals surface area contributed by atoms with Crippen LogP contribution in [0, 0.1) is 13.8 Å². The molecule has 2 N–H and O–H groups in total. The Morgan fingerprint density at radius 3 is 2.59 bits per heavy atom. The van der Waals surface area contributed by atoms with Crippen molar-refractivity contribution in [1.82, 2.24) is 14.9 Å². The third-order valence-corrected chi connectivity index (χ3v) is 5.90. The van der Waals surface area contributed by atoms with Crippen LogP contribution in [0.25, 0.3) is 0 Å². The molecule has 0 atom stereocenters. The van der Waals surface area contributed by atoms with Crippen LogP contribution in [0.3, 0.4) is 0 Å². The molecule has 1 aromatic carbocycles. The van der Waals surface area contributed by atoms with Crippen molar-refractivity contribution < 1.29 is 4.79 Å². The van der Waals surface area contributed by atoms with Gasteiger partial charge in [-0.3, -0.25) is 9.59 Å². The Labute approximate surface area is 175 Å². The first-order valence-corrected chi connectivity index (χ1v) is 11.1. The van der Waals surface area contributed by atoms with E-state index >= 15 is 0 Å². The van der Waals surface area contributed by atoms with Gasteiger partial charge in [-0.1, -0.05) is 11.8 Å². The Morgan fingerprint density at radius 2 is 1.97 bits per heavy atom. The van der Waals surface area contributed by atoms with Gasteiger partial charge in [-0.25, -0.2) is 4.98 Å². The zero-order valence-corrected chi connectivity index (χ0v) is 18.4. The van der Waals surface area contributed by atoms with Crippen molar-refractivity contribution in [2.45, 2.75) is 31.8 Å². The number of anilines is 2. The lowest BCUT2D eigenvalue weighted by Crippen LogP contribution is -2.44. The average Bonchev–Trinajstić information content (AvgIpc) is 2.68. The van der Waals surface area contributed by atoms with E-state index in [1.54, 1.807) is 0 Å². The maximum absolute atomic E-state index is 12.4. The molecule has 0 unspecified atom stereocenters. The molecule has 2 heterocycles. The molecule has 2 aromatic rings. The molecule has 156 valence electrons. The van der Waals surface area contributed by atoms with E-state index in [1.165, 1.54) is 17.4 Å². The van der Waals surface area contributed by atoms with Crippen molar-refractivity contribution >= 4 is 29.0 Å². The summed E-state index contributed by atoms with van der Waals surface area (Å²) in [6.07, 6.45) is 2.47. The largest absolute Gasteiger partial charge is 0.369 e. The molecular weight excluding hydrogens is 386 g/mol. The summed E-state index contributed by atoms with van der Waals surface area (Å²) in [5.74, 6) is -0.107. The van der Waals surface area contributed by atoms with Crippen molar-refractivity contribution in [1.29, 1.82) is 0 Å². The summed E-state index contributed by atoms with van der Waals surface area (Å²) >= 11 is 1.39. The van der Waals surface area contributed by atoms with E-state index in [0.29, 0.717) is 22.8 Å². The summed E-state index contributed by atoms with van der Waals surface area (Å²) < 4.78 is 0. The van der Waals surface area contributed by atoms with Crippen LogP contribution in [0.4, 0.5) is 11.4 Å². The molecule has 1 saturated heterocycles. The van der Waals surface area contributed by atoms with E-state index in [2.05, 4.69) is 45.1 Å². The molecule has 0 aliphatic carbocycles. The molecule has 7 nitrogen and oxygen atoms in total.